The maximum Gasteiger partial charge on any atom is 0.261 e. The first kappa shape index (κ1) is 12.4. The molecule has 1 heterocycles. The number of halogens is 1. The number of aromatic nitrogens is 1. The summed E-state index contributed by atoms with van der Waals surface area (Å²) in [6.07, 6.45) is 6.06. The van der Waals surface area contributed by atoms with E-state index < -0.39 is 20.9 Å². The van der Waals surface area contributed by atoms with E-state index in [2.05, 4.69) is 9.71 Å². The van der Waals surface area contributed by atoms with Crippen molar-refractivity contribution in [2.24, 2.45) is 0 Å². The van der Waals surface area contributed by atoms with Gasteiger partial charge in [0.25, 0.3) is 10.0 Å². The van der Waals surface area contributed by atoms with E-state index in [9.17, 15) is 12.8 Å². The van der Waals surface area contributed by atoms with Gasteiger partial charge in [-0.25, -0.2) is 22.5 Å². The Morgan fingerprint density at radius 1 is 1.29 bits per heavy atom. The van der Waals surface area contributed by atoms with E-state index in [1.54, 1.807) is 0 Å². The second-order valence-electron chi connectivity index (χ2n) is 4.25. The standard InChI is InChI=1S/C11H15FN2O2S/c12-10-7-4-8-13-11(10)17(15,16)14-9-5-2-1-3-6-9/h4,7-9,14H,1-3,5-6H2. The van der Waals surface area contributed by atoms with Crippen LogP contribution in [-0.2, 0) is 10.0 Å². The molecule has 0 aliphatic heterocycles. The number of pyridine rings is 1. The van der Waals surface area contributed by atoms with Crippen LogP contribution in [0, 0.1) is 5.82 Å². The molecule has 0 saturated heterocycles. The van der Waals surface area contributed by atoms with Gasteiger partial charge in [-0.2, -0.15) is 0 Å². The van der Waals surface area contributed by atoms with Gasteiger partial charge in [-0.15, -0.1) is 0 Å². The Kier molecular flexibility index (Phi) is 3.73. The Morgan fingerprint density at radius 2 is 2.00 bits per heavy atom. The van der Waals surface area contributed by atoms with Crippen molar-refractivity contribution in [2.45, 2.75) is 43.2 Å². The molecule has 4 nitrogen and oxygen atoms in total. The largest absolute Gasteiger partial charge is 0.261 e. The highest BCUT2D eigenvalue weighted by atomic mass is 32.2. The second kappa shape index (κ2) is 5.10. The average molecular weight is 258 g/mol. The van der Waals surface area contributed by atoms with Crippen molar-refractivity contribution >= 4 is 10.0 Å². The van der Waals surface area contributed by atoms with Gasteiger partial charge in [0.05, 0.1) is 0 Å². The van der Waals surface area contributed by atoms with E-state index in [1.807, 2.05) is 0 Å². The van der Waals surface area contributed by atoms with Gasteiger partial charge in [0.1, 0.15) is 0 Å². The fourth-order valence-electron chi connectivity index (χ4n) is 2.06. The van der Waals surface area contributed by atoms with E-state index in [0.717, 1.165) is 38.2 Å². The summed E-state index contributed by atoms with van der Waals surface area (Å²) in [6, 6.07) is 2.38. The summed E-state index contributed by atoms with van der Waals surface area (Å²) < 4.78 is 39.7. The lowest BCUT2D eigenvalue weighted by Gasteiger charge is -2.22. The zero-order valence-electron chi connectivity index (χ0n) is 9.39. The highest BCUT2D eigenvalue weighted by Gasteiger charge is 2.25. The summed E-state index contributed by atoms with van der Waals surface area (Å²) in [6.45, 7) is 0. The van der Waals surface area contributed by atoms with Gasteiger partial charge < -0.3 is 0 Å². The highest BCUT2D eigenvalue weighted by molar-refractivity contribution is 7.89. The predicted molar refractivity (Wildman–Crippen MR) is 61.4 cm³/mol. The lowest BCUT2D eigenvalue weighted by atomic mass is 9.96. The highest BCUT2D eigenvalue weighted by Crippen LogP contribution is 2.20. The molecular weight excluding hydrogens is 243 g/mol. The summed E-state index contributed by atoms with van der Waals surface area (Å²) in [5, 5.41) is -0.509. The topological polar surface area (TPSA) is 59.1 Å². The van der Waals surface area contributed by atoms with Crippen LogP contribution in [0.3, 0.4) is 0 Å². The van der Waals surface area contributed by atoms with E-state index in [0.29, 0.717) is 0 Å². The third-order valence-electron chi connectivity index (χ3n) is 2.91. The predicted octanol–water partition coefficient (Wildman–Crippen LogP) is 1.83. The number of nitrogens with one attached hydrogen (secondary N) is 1. The number of hydrogen-bond donors (Lipinski definition) is 1. The number of nitrogens with zero attached hydrogens (tertiary/aromatic N) is 1. The zero-order chi connectivity index (χ0) is 12.3. The normalized spacial score (nSPS) is 18.2. The van der Waals surface area contributed by atoms with Gasteiger partial charge in [-0.3, -0.25) is 0 Å². The fraction of sp³-hybridized carbons (Fsp3) is 0.545. The molecule has 1 aromatic rings. The molecule has 1 saturated carbocycles. The smallest absolute Gasteiger partial charge is 0.241 e. The Labute approximate surface area is 100 Å². The monoisotopic (exact) mass is 258 g/mol. The quantitative estimate of drug-likeness (QED) is 0.899. The average Bonchev–Trinajstić information content (AvgIpc) is 2.30. The SMILES string of the molecule is O=S(=O)(NC1CCCCC1)c1ncccc1F. The summed E-state index contributed by atoms with van der Waals surface area (Å²) in [7, 11) is -3.83. The number of hydrogen-bond acceptors (Lipinski definition) is 3. The molecule has 17 heavy (non-hydrogen) atoms. The van der Waals surface area contributed by atoms with Crippen LogP contribution in [0.4, 0.5) is 4.39 Å². The minimum atomic E-state index is -3.83. The van der Waals surface area contributed by atoms with Crippen LogP contribution in [0.15, 0.2) is 23.4 Å². The lowest BCUT2D eigenvalue weighted by Crippen LogP contribution is -2.36. The van der Waals surface area contributed by atoms with Crippen molar-refractivity contribution < 1.29 is 12.8 Å². The zero-order valence-corrected chi connectivity index (χ0v) is 10.2. The van der Waals surface area contributed by atoms with Crippen LogP contribution >= 0.6 is 0 Å². The molecule has 1 aliphatic carbocycles. The molecule has 0 atom stereocenters. The molecule has 0 aromatic carbocycles. The van der Waals surface area contributed by atoms with Crippen LogP contribution in [-0.4, -0.2) is 19.4 Å². The van der Waals surface area contributed by atoms with E-state index in [1.165, 1.54) is 12.3 Å². The van der Waals surface area contributed by atoms with Gasteiger partial charge >= 0.3 is 0 Å². The molecule has 6 heteroatoms. The summed E-state index contributed by atoms with van der Waals surface area (Å²) in [5.74, 6) is -0.809. The molecule has 2 rings (SSSR count). The molecule has 0 radical (unpaired) electrons. The molecule has 0 unspecified atom stereocenters. The molecule has 1 fully saturated rings. The first-order valence-corrected chi connectivity index (χ1v) is 7.21. The van der Waals surface area contributed by atoms with Gasteiger partial charge in [0, 0.05) is 12.2 Å². The van der Waals surface area contributed by atoms with Crippen molar-refractivity contribution in [3.63, 3.8) is 0 Å². The van der Waals surface area contributed by atoms with Crippen molar-refractivity contribution in [2.75, 3.05) is 0 Å². The maximum atomic E-state index is 13.4. The molecule has 94 valence electrons. The van der Waals surface area contributed by atoms with E-state index in [4.69, 9.17) is 0 Å². The molecule has 1 N–H and O–H groups in total. The molecule has 0 spiro atoms. The second-order valence-corrected chi connectivity index (χ2v) is 5.88. The van der Waals surface area contributed by atoms with Crippen molar-refractivity contribution in [1.29, 1.82) is 0 Å². The van der Waals surface area contributed by atoms with Crippen molar-refractivity contribution in [3.8, 4) is 0 Å². The number of rotatable bonds is 3. The third-order valence-corrected chi connectivity index (χ3v) is 4.36. The Morgan fingerprint density at radius 3 is 2.65 bits per heavy atom. The van der Waals surface area contributed by atoms with Gasteiger partial charge in [0.2, 0.25) is 5.03 Å². The van der Waals surface area contributed by atoms with Crippen LogP contribution < -0.4 is 4.72 Å². The van der Waals surface area contributed by atoms with Gasteiger partial charge in [0.15, 0.2) is 5.82 Å². The lowest BCUT2D eigenvalue weighted by molar-refractivity contribution is 0.410. The van der Waals surface area contributed by atoms with Crippen molar-refractivity contribution in [1.82, 2.24) is 9.71 Å². The Bertz CT molecular complexity index is 484. The first-order valence-electron chi connectivity index (χ1n) is 5.72. The fourth-order valence-corrected chi connectivity index (χ4v) is 3.38. The van der Waals surface area contributed by atoms with Crippen LogP contribution in [0.1, 0.15) is 32.1 Å². The van der Waals surface area contributed by atoms with Gasteiger partial charge in [-0.05, 0) is 25.0 Å². The van der Waals surface area contributed by atoms with E-state index in [-0.39, 0.29) is 6.04 Å². The first-order chi connectivity index (χ1) is 8.09. The summed E-state index contributed by atoms with van der Waals surface area (Å²) in [4.78, 5) is 3.59. The van der Waals surface area contributed by atoms with E-state index >= 15 is 0 Å². The summed E-state index contributed by atoms with van der Waals surface area (Å²) in [5.41, 5.74) is 0. The van der Waals surface area contributed by atoms with Gasteiger partial charge in [-0.1, -0.05) is 19.3 Å². The minimum Gasteiger partial charge on any atom is -0.241 e. The molecule has 1 aromatic heterocycles. The molecule has 0 amide bonds. The Balaban J connectivity index is 2.16. The molecule has 0 bridgehead atoms. The molecular formula is C11H15FN2O2S. The van der Waals surface area contributed by atoms with Crippen molar-refractivity contribution in [3.05, 3.63) is 24.1 Å². The van der Waals surface area contributed by atoms with Crippen LogP contribution in [0.25, 0.3) is 0 Å². The maximum absolute atomic E-state index is 13.4. The third kappa shape index (κ3) is 3.01. The molecule has 1 aliphatic rings. The van der Waals surface area contributed by atoms with Crippen LogP contribution in [0.2, 0.25) is 0 Å². The summed E-state index contributed by atoms with van der Waals surface area (Å²) >= 11 is 0. The number of sulfonamides is 1. The minimum absolute atomic E-state index is 0.0878. The van der Waals surface area contributed by atoms with Crippen LogP contribution in [0.5, 0.6) is 0 Å². The Hall–Kier alpha value is -1.01.